The van der Waals surface area contributed by atoms with Crippen LogP contribution in [0.15, 0.2) is 18.2 Å². The predicted octanol–water partition coefficient (Wildman–Crippen LogP) is 4.81. The Kier molecular flexibility index (Phi) is 6.50. The molecule has 2 heteroatoms. The Morgan fingerprint density at radius 3 is 1.90 bits per heavy atom. The summed E-state index contributed by atoms with van der Waals surface area (Å²) in [6.45, 7) is 18.7. The average Bonchev–Trinajstić information content (AvgIpc) is 2.38. The van der Waals surface area contributed by atoms with Gasteiger partial charge in [0.1, 0.15) is 8.07 Å². The first-order chi connectivity index (χ1) is 9.73. The first kappa shape index (κ1) is 18.3. The number of rotatable bonds is 4. The van der Waals surface area contributed by atoms with Gasteiger partial charge in [-0.05, 0) is 46.8 Å². The molecule has 0 saturated heterocycles. The molecule has 1 aromatic rings. The maximum Gasteiger partial charge on any atom is 0.185 e. The first-order valence-electron chi connectivity index (χ1n) is 8.07. The fraction of sp³-hybridized carbons (Fsp3) is 0.579. The van der Waals surface area contributed by atoms with E-state index in [0.29, 0.717) is 26.1 Å². The van der Waals surface area contributed by atoms with Crippen molar-refractivity contribution in [2.75, 3.05) is 0 Å². The summed E-state index contributed by atoms with van der Waals surface area (Å²) in [5.74, 6) is 0. The van der Waals surface area contributed by atoms with Crippen LogP contribution in [0.4, 0.5) is 0 Å². The van der Waals surface area contributed by atoms with E-state index in [9.17, 15) is 0 Å². The molecule has 0 fully saturated rings. The summed E-state index contributed by atoms with van der Waals surface area (Å²) in [6.07, 6.45) is 0. The van der Waals surface area contributed by atoms with Crippen LogP contribution in [0.1, 0.15) is 52.7 Å². The minimum absolute atomic E-state index is 0.625. The zero-order valence-electron chi connectivity index (χ0n) is 15.0. The van der Waals surface area contributed by atoms with Crippen LogP contribution >= 0.6 is 0 Å². The van der Waals surface area contributed by atoms with Gasteiger partial charge in [0.25, 0.3) is 0 Å². The van der Waals surface area contributed by atoms with Crippen molar-refractivity contribution >= 4 is 22.8 Å². The third-order valence-electron chi connectivity index (χ3n) is 4.95. The molecular formula is C19H30Si2. The molecule has 0 nitrogen and oxygen atoms in total. The van der Waals surface area contributed by atoms with E-state index in [4.69, 9.17) is 0 Å². The van der Waals surface area contributed by atoms with Crippen LogP contribution in [-0.2, 0) is 0 Å². The lowest BCUT2D eigenvalue weighted by Crippen LogP contribution is -2.43. The average molecular weight is 315 g/mol. The number of aryl methyl sites for hydroxylation is 1. The molecule has 0 amide bonds. The molecule has 0 aliphatic rings. The number of benzene rings is 1. The molecule has 0 aromatic heterocycles. The molecule has 114 valence electrons. The maximum atomic E-state index is 3.83. The summed E-state index contributed by atoms with van der Waals surface area (Å²) in [5.41, 5.74) is 12.4. The van der Waals surface area contributed by atoms with Crippen LogP contribution in [0.5, 0.6) is 0 Å². The first-order valence-corrected chi connectivity index (χ1v) is 11.3. The maximum absolute atomic E-state index is 3.83. The highest BCUT2D eigenvalue weighted by Crippen LogP contribution is 2.40. The molecule has 0 bridgehead atoms. The van der Waals surface area contributed by atoms with Crippen LogP contribution in [0.3, 0.4) is 0 Å². The Hall–Kier alpha value is -0.786. The van der Waals surface area contributed by atoms with E-state index >= 15 is 0 Å². The lowest BCUT2D eigenvalue weighted by molar-refractivity contribution is 0.838. The van der Waals surface area contributed by atoms with Gasteiger partial charge in [-0.1, -0.05) is 59.7 Å². The van der Waals surface area contributed by atoms with Crippen molar-refractivity contribution in [1.82, 2.24) is 0 Å². The van der Waals surface area contributed by atoms with Gasteiger partial charge >= 0.3 is 0 Å². The van der Waals surface area contributed by atoms with E-state index in [1.54, 1.807) is 0 Å². The van der Waals surface area contributed by atoms with Crippen molar-refractivity contribution in [3.8, 4) is 11.1 Å². The minimum atomic E-state index is -1.57. The topological polar surface area (TPSA) is 0 Å². The van der Waals surface area contributed by atoms with Crippen LogP contribution in [0.2, 0.25) is 16.6 Å². The highest BCUT2D eigenvalue weighted by Gasteiger charge is 2.41. The molecule has 21 heavy (non-hydrogen) atoms. The molecule has 0 saturated carbocycles. The van der Waals surface area contributed by atoms with Crippen molar-refractivity contribution < 1.29 is 0 Å². The van der Waals surface area contributed by atoms with E-state index in [1.807, 2.05) is 0 Å². The summed E-state index contributed by atoms with van der Waals surface area (Å²) in [4.78, 5) is 0. The Morgan fingerprint density at radius 2 is 1.43 bits per heavy atom. The third-order valence-corrected chi connectivity index (χ3v) is 12.5. The second-order valence-corrected chi connectivity index (χ2v) is 13.6. The van der Waals surface area contributed by atoms with Gasteiger partial charge in [0.2, 0.25) is 0 Å². The van der Waals surface area contributed by atoms with Crippen molar-refractivity contribution in [2.24, 2.45) is 0 Å². The summed E-state index contributed by atoms with van der Waals surface area (Å²) in [7, 11) is -0.942. The van der Waals surface area contributed by atoms with Crippen LogP contribution in [0.25, 0.3) is 0 Å². The normalized spacial score (nSPS) is 12.0. The molecule has 0 heterocycles. The Bertz CT molecular complexity index is 508. The van der Waals surface area contributed by atoms with Crippen LogP contribution in [-0.4, -0.2) is 17.6 Å². The molecule has 1 rings (SSSR count). The fourth-order valence-corrected chi connectivity index (χ4v) is 10.2. The van der Waals surface area contributed by atoms with Crippen LogP contribution < -0.4 is 5.19 Å². The van der Waals surface area contributed by atoms with Gasteiger partial charge in [0.05, 0.1) is 0 Å². The van der Waals surface area contributed by atoms with Gasteiger partial charge in [-0.25, -0.2) is 0 Å². The van der Waals surface area contributed by atoms with Gasteiger partial charge < -0.3 is 0 Å². The molecule has 0 spiro atoms. The van der Waals surface area contributed by atoms with E-state index in [-0.39, 0.29) is 0 Å². The lowest BCUT2D eigenvalue weighted by Gasteiger charge is -2.38. The SMILES string of the molecule is Cc1cccc([Si]C#C[Si](C(C)C)(C(C)C)C(C)C)c1C. The summed E-state index contributed by atoms with van der Waals surface area (Å²) in [5, 5.41) is 1.42. The monoisotopic (exact) mass is 314 g/mol. The lowest BCUT2D eigenvalue weighted by atomic mass is 10.1. The molecule has 2 radical (unpaired) electrons. The summed E-state index contributed by atoms with van der Waals surface area (Å²) in [6, 6.07) is 6.58. The van der Waals surface area contributed by atoms with E-state index in [2.05, 4.69) is 84.7 Å². The van der Waals surface area contributed by atoms with Gasteiger partial charge in [-0.3, -0.25) is 0 Å². The molecule has 0 aliphatic heterocycles. The van der Waals surface area contributed by atoms with Gasteiger partial charge in [0.15, 0.2) is 9.52 Å². The highest BCUT2D eigenvalue weighted by atomic mass is 28.3. The molecular weight excluding hydrogens is 284 g/mol. The zero-order chi connectivity index (χ0) is 16.2. The Labute approximate surface area is 135 Å². The van der Waals surface area contributed by atoms with E-state index in [0.717, 1.165) is 0 Å². The number of hydrogen-bond donors (Lipinski definition) is 0. The molecule has 1 aromatic carbocycles. The molecule has 0 unspecified atom stereocenters. The van der Waals surface area contributed by atoms with Crippen molar-refractivity contribution in [3.63, 3.8) is 0 Å². The predicted molar refractivity (Wildman–Crippen MR) is 100 cm³/mol. The zero-order valence-corrected chi connectivity index (χ0v) is 17.0. The van der Waals surface area contributed by atoms with Crippen LogP contribution in [0, 0.1) is 24.9 Å². The molecule has 0 N–H and O–H groups in total. The number of hydrogen-bond acceptors (Lipinski definition) is 0. The molecule has 0 atom stereocenters. The third kappa shape index (κ3) is 3.90. The fourth-order valence-electron chi connectivity index (χ4n) is 3.53. The van der Waals surface area contributed by atoms with E-state index < -0.39 is 8.07 Å². The van der Waals surface area contributed by atoms with Crippen molar-refractivity contribution in [1.29, 1.82) is 0 Å². The smallest absolute Gasteiger partial charge is 0.137 e. The second-order valence-electron chi connectivity index (χ2n) is 7.02. The molecule has 0 aliphatic carbocycles. The summed E-state index contributed by atoms with van der Waals surface area (Å²) >= 11 is 0. The van der Waals surface area contributed by atoms with Gasteiger partial charge in [0, 0.05) is 0 Å². The quantitative estimate of drug-likeness (QED) is 0.552. The Balaban J connectivity index is 3.09. The summed E-state index contributed by atoms with van der Waals surface area (Å²) < 4.78 is 0. The van der Waals surface area contributed by atoms with E-state index in [1.165, 1.54) is 16.3 Å². The van der Waals surface area contributed by atoms with Gasteiger partial charge in [-0.2, -0.15) is 0 Å². The van der Waals surface area contributed by atoms with Crippen molar-refractivity contribution in [3.05, 3.63) is 29.3 Å². The highest BCUT2D eigenvalue weighted by molar-refractivity contribution is 6.91. The minimum Gasteiger partial charge on any atom is -0.137 e. The van der Waals surface area contributed by atoms with Crippen molar-refractivity contribution in [2.45, 2.75) is 72.0 Å². The standard InChI is InChI=1S/C19H30Si2/c1-14(2)21(15(3)4,16(5)6)13-12-20-19-11-9-10-17(7)18(19)8/h9-11,14-16H,1-8H3. The van der Waals surface area contributed by atoms with Gasteiger partial charge in [-0.15, -0.1) is 11.1 Å². The Morgan fingerprint density at radius 1 is 0.905 bits per heavy atom. The largest absolute Gasteiger partial charge is 0.185 e. The second kappa shape index (κ2) is 7.47.